The first kappa shape index (κ1) is 21.1. The van der Waals surface area contributed by atoms with Gasteiger partial charge in [-0.05, 0) is 63.6 Å². The minimum absolute atomic E-state index is 0.0892. The summed E-state index contributed by atoms with van der Waals surface area (Å²) >= 11 is 0. The predicted octanol–water partition coefficient (Wildman–Crippen LogP) is 2.96. The first-order valence-electron chi connectivity index (χ1n) is 10.8. The van der Waals surface area contributed by atoms with E-state index in [1.54, 1.807) is 15.9 Å². The number of rotatable bonds is 5. The summed E-state index contributed by atoms with van der Waals surface area (Å²) in [6, 6.07) is 7.59. The van der Waals surface area contributed by atoms with Gasteiger partial charge in [0.15, 0.2) is 0 Å². The van der Waals surface area contributed by atoms with Crippen molar-refractivity contribution in [3.8, 4) is 0 Å². The van der Waals surface area contributed by atoms with Gasteiger partial charge < -0.3 is 4.90 Å². The Morgan fingerprint density at radius 2 is 1.53 bits per heavy atom. The monoisotopic (exact) mass is 430 g/mol. The fourth-order valence-electron chi connectivity index (χ4n) is 4.47. The summed E-state index contributed by atoms with van der Waals surface area (Å²) < 4.78 is 29.4. The molecular weight excluding hydrogens is 400 g/mol. The fraction of sp³-hybridized carbons (Fsp3) is 0.545. The summed E-state index contributed by atoms with van der Waals surface area (Å²) in [5, 5.41) is 4.51. The highest BCUT2D eigenvalue weighted by Crippen LogP contribution is 2.27. The van der Waals surface area contributed by atoms with Gasteiger partial charge in [-0.25, -0.2) is 8.42 Å². The van der Waals surface area contributed by atoms with E-state index in [4.69, 9.17) is 0 Å². The van der Waals surface area contributed by atoms with Crippen molar-refractivity contribution >= 4 is 15.9 Å². The summed E-state index contributed by atoms with van der Waals surface area (Å²) in [5.41, 5.74) is 2.89. The summed E-state index contributed by atoms with van der Waals surface area (Å²) in [6.07, 6.45) is 5.16. The molecule has 162 valence electrons. The van der Waals surface area contributed by atoms with Crippen LogP contribution in [0.2, 0.25) is 0 Å². The molecule has 0 unspecified atom stereocenters. The first-order valence-corrected chi connectivity index (χ1v) is 12.2. The third-order valence-electron chi connectivity index (χ3n) is 6.15. The number of amides is 1. The van der Waals surface area contributed by atoms with Crippen LogP contribution in [0.15, 0.2) is 29.2 Å². The van der Waals surface area contributed by atoms with Crippen molar-refractivity contribution in [3.63, 3.8) is 0 Å². The van der Waals surface area contributed by atoms with Crippen LogP contribution in [-0.4, -0.2) is 59.5 Å². The Morgan fingerprint density at radius 3 is 2.17 bits per heavy atom. The van der Waals surface area contributed by atoms with Crippen molar-refractivity contribution in [2.75, 3.05) is 26.2 Å². The van der Waals surface area contributed by atoms with Gasteiger partial charge in [-0.1, -0.05) is 12.1 Å². The molecule has 1 aromatic carbocycles. The van der Waals surface area contributed by atoms with Gasteiger partial charge in [0.2, 0.25) is 10.0 Å². The maximum Gasteiger partial charge on any atom is 0.253 e. The van der Waals surface area contributed by atoms with E-state index in [0.29, 0.717) is 41.5 Å². The topological polar surface area (TPSA) is 75.5 Å². The lowest BCUT2D eigenvalue weighted by Gasteiger charge is -2.26. The highest BCUT2D eigenvalue weighted by atomic mass is 32.2. The van der Waals surface area contributed by atoms with Crippen molar-refractivity contribution in [1.82, 2.24) is 19.0 Å². The zero-order valence-corrected chi connectivity index (χ0v) is 18.6. The van der Waals surface area contributed by atoms with Crippen molar-refractivity contribution in [2.24, 2.45) is 0 Å². The average Bonchev–Trinajstić information content (AvgIpc) is 3.38. The lowest BCUT2D eigenvalue weighted by Crippen LogP contribution is -2.35. The number of aromatic nitrogens is 2. The van der Waals surface area contributed by atoms with E-state index in [2.05, 4.69) is 5.10 Å². The number of piperidine rings is 1. The molecule has 0 spiro atoms. The number of nitrogens with zero attached hydrogens (tertiary/aromatic N) is 4. The quantitative estimate of drug-likeness (QED) is 0.731. The third-order valence-corrected chi connectivity index (χ3v) is 8.31. The van der Waals surface area contributed by atoms with Crippen molar-refractivity contribution in [1.29, 1.82) is 0 Å². The molecule has 0 saturated carbocycles. The Labute approximate surface area is 178 Å². The van der Waals surface area contributed by atoms with Gasteiger partial charge in [0, 0.05) is 31.7 Å². The van der Waals surface area contributed by atoms with Gasteiger partial charge in [-0.2, -0.15) is 9.40 Å². The lowest BCUT2D eigenvalue weighted by atomic mass is 10.1. The Bertz CT molecular complexity index is 1020. The minimum atomic E-state index is -3.50. The van der Waals surface area contributed by atoms with Gasteiger partial charge in [0.25, 0.3) is 5.91 Å². The normalized spacial score (nSPS) is 18.1. The molecule has 2 saturated heterocycles. The van der Waals surface area contributed by atoms with E-state index in [-0.39, 0.29) is 5.91 Å². The van der Waals surface area contributed by atoms with Crippen LogP contribution in [0.25, 0.3) is 0 Å². The van der Waals surface area contributed by atoms with E-state index in [1.165, 1.54) is 6.42 Å². The van der Waals surface area contributed by atoms with E-state index in [1.807, 2.05) is 36.1 Å². The van der Waals surface area contributed by atoms with E-state index < -0.39 is 10.0 Å². The average molecular weight is 431 g/mol. The molecule has 2 aromatic rings. The summed E-state index contributed by atoms with van der Waals surface area (Å²) in [7, 11) is -3.50. The summed E-state index contributed by atoms with van der Waals surface area (Å²) in [4.78, 5) is 14.9. The van der Waals surface area contributed by atoms with Crippen LogP contribution in [0.3, 0.4) is 0 Å². The van der Waals surface area contributed by atoms with Crippen LogP contribution in [-0.2, 0) is 16.6 Å². The van der Waals surface area contributed by atoms with Crippen molar-refractivity contribution in [2.45, 2.75) is 57.4 Å². The zero-order chi connectivity index (χ0) is 21.3. The second-order valence-electron chi connectivity index (χ2n) is 8.32. The van der Waals surface area contributed by atoms with Gasteiger partial charge >= 0.3 is 0 Å². The third kappa shape index (κ3) is 4.03. The highest BCUT2D eigenvalue weighted by Gasteiger charge is 2.32. The van der Waals surface area contributed by atoms with Crippen LogP contribution in [0.5, 0.6) is 0 Å². The summed E-state index contributed by atoms with van der Waals surface area (Å²) in [5.74, 6) is 0.0892. The Morgan fingerprint density at radius 1 is 0.933 bits per heavy atom. The van der Waals surface area contributed by atoms with Crippen LogP contribution in [0.1, 0.15) is 59.4 Å². The Hall–Kier alpha value is -2.19. The number of carbonyl (C=O) groups excluding carboxylic acids is 1. The zero-order valence-electron chi connectivity index (χ0n) is 17.8. The smallest absolute Gasteiger partial charge is 0.253 e. The van der Waals surface area contributed by atoms with Crippen LogP contribution in [0.4, 0.5) is 0 Å². The first-order chi connectivity index (χ1) is 14.4. The van der Waals surface area contributed by atoms with Crippen molar-refractivity contribution in [3.05, 3.63) is 46.8 Å². The molecule has 0 bridgehead atoms. The molecular formula is C22H30N4O3S. The maximum absolute atomic E-state index is 13.0. The predicted molar refractivity (Wildman–Crippen MR) is 115 cm³/mol. The molecule has 1 amide bonds. The molecule has 2 fully saturated rings. The second kappa shape index (κ2) is 8.51. The highest BCUT2D eigenvalue weighted by molar-refractivity contribution is 7.89. The molecule has 0 atom stereocenters. The largest absolute Gasteiger partial charge is 0.339 e. The van der Waals surface area contributed by atoms with Crippen molar-refractivity contribution < 1.29 is 13.2 Å². The van der Waals surface area contributed by atoms with Crippen LogP contribution >= 0.6 is 0 Å². The Kier molecular flexibility index (Phi) is 5.97. The number of sulfonamides is 1. The molecule has 0 radical (unpaired) electrons. The molecule has 8 heteroatoms. The molecule has 1 aromatic heterocycles. The number of hydrogen-bond donors (Lipinski definition) is 0. The van der Waals surface area contributed by atoms with Gasteiger partial charge in [-0.3, -0.25) is 9.48 Å². The lowest BCUT2D eigenvalue weighted by molar-refractivity contribution is 0.0724. The number of hydrogen-bond acceptors (Lipinski definition) is 4. The van der Waals surface area contributed by atoms with E-state index >= 15 is 0 Å². The molecule has 2 aliphatic rings. The molecule has 4 rings (SSSR count). The fourth-order valence-corrected chi connectivity index (χ4v) is 6.36. The maximum atomic E-state index is 13.0. The van der Waals surface area contributed by atoms with Crippen LogP contribution < -0.4 is 0 Å². The minimum Gasteiger partial charge on any atom is -0.339 e. The number of benzene rings is 1. The van der Waals surface area contributed by atoms with Gasteiger partial charge in [0.05, 0.1) is 17.9 Å². The van der Waals surface area contributed by atoms with E-state index in [9.17, 15) is 13.2 Å². The molecule has 0 N–H and O–H groups in total. The van der Waals surface area contributed by atoms with E-state index in [0.717, 1.165) is 44.3 Å². The summed E-state index contributed by atoms with van der Waals surface area (Å²) in [6.45, 7) is 6.88. The molecule has 3 heterocycles. The number of carbonyl (C=O) groups is 1. The number of aryl methyl sites for hydroxylation is 1. The Balaban J connectivity index is 1.51. The number of likely N-dealkylation sites (tertiary alicyclic amines) is 1. The van der Waals surface area contributed by atoms with Gasteiger partial charge in [0.1, 0.15) is 4.90 Å². The molecule has 30 heavy (non-hydrogen) atoms. The molecule has 0 aliphatic carbocycles. The second-order valence-corrected chi connectivity index (χ2v) is 10.2. The standard InChI is InChI=1S/C22H30N4O3S/c1-17-21(30(28,29)25-14-6-7-15-25)18(2)26(23-17)16-19-8-10-20(11-9-19)22(27)24-12-4-3-5-13-24/h8-11H,3-7,12-16H2,1-2H3. The molecule has 7 nitrogen and oxygen atoms in total. The SMILES string of the molecule is Cc1nn(Cc2ccc(C(=O)N3CCCCC3)cc2)c(C)c1S(=O)(=O)N1CCCC1. The molecule has 2 aliphatic heterocycles. The van der Waals surface area contributed by atoms with Crippen LogP contribution in [0, 0.1) is 13.8 Å². The van der Waals surface area contributed by atoms with Gasteiger partial charge in [-0.15, -0.1) is 0 Å².